The minimum Gasteiger partial charge on any atom is -0.461 e. The first-order chi connectivity index (χ1) is 17.5. The van der Waals surface area contributed by atoms with Gasteiger partial charge in [0.1, 0.15) is 25.4 Å². The van der Waals surface area contributed by atoms with Gasteiger partial charge in [0.05, 0.1) is 29.8 Å². The zero-order valence-corrected chi connectivity index (χ0v) is 21.5. The van der Waals surface area contributed by atoms with Gasteiger partial charge in [0.15, 0.2) is 0 Å². The molecule has 10 heteroatoms. The molecule has 4 atom stereocenters. The maximum Gasteiger partial charge on any atom is 0.337 e. The minimum absolute atomic E-state index is 0.0393. The SMILES string of the molecule is C=C1C(=O)OC2C=C(C)C(O)CC=C(C)CC(OC(=O)C(=CC)COC(=O)C(=CCO)COC(C)=O)C12. The third kappa shape index (κ3) is 8.26. The highest BCUT2D eigenvalue weighted by molar-refractivity contribution is 5.93. The van der Waals surface area contributed by atoms with Crippen LogP contribution in [0.3, 0.4) is 0 Å². The monoisotopic (exact) mass is 518 g/mol. The average molecular weight is 519 g/mol. The molecule has 10 nitrogen and oxygen atoms in total. The molecule has 37 heavy (non-hydrogen) atoms. The van der Waals surface area contributed by atoms with Crippen molar-refractivity contribution in [1.82, 2.24) is 0 Å². The lowest BCUT2D eigenvalue weighted by molar-refractivity contribution is -0.148. The molecule has 1 heterocycles. The van der Waals surface area contributed by atoms with Crippen LogP contribution >= 0.6 is 0 Å². The molecule has 0 spiro atoms. The quantitative estimate of drug-likeness (QED) is 0.212. The molecule has 1 fully saturated rings. The summed E-state index contributed by atoms with van der Waals surface area (Å²) < 4.78 is 21.2. The van der Waals surface area contributed by atoms with Crippen LogP contribution in [-0.2, 0) is 38.1 Å². The zero-order chi connectivity index (χ0) is 27.7. The maximum atomic E-state index is 13.1. The van der Waals surface area contributed by atoms with Gasteiger partial charge >= 0.3 is 23.9 Å². The molecule has 2 N–H and O–H groups in total. The van der Waals surface area contributed by atoms with E-state index < -0.39 is 67.9 Å². The van der Waals surface area contributed by atoms with Gasteiger partial charge in [-0.2, -0.15) is 0 Å². The molecule has 0 aromatic carbocycles. The van der Waals surface area contributed by atoms with Gasteiger partial charge in [0.2, 0.25) is 0 Å². The highest BCUT2D eigenvalue weighted by atomic mass is 16.6. The number of hydrogen-bond donors (Lipinski definition) is 2. The van der Waals surface area contributed by atoms with Crippen LogP contribution in [0.25, 0.3) is 0 Å². The number of fused-ring (bicyclic) bond motifs is 1. The summed E-state index contributed by atoms with van der Waals surface area (Å²) in [6.45, 7) is 8.85. The Labute approximate surface area is 215 Å². The highest BCUT2D eigenvalue weighted by Gasteiger charge is 2.44. The number of carbonyl (C=O) groups excluding carboxylic acids is 4. The van der Waals surface area contributed by atoms with Gasteiger partial charge in [-0.1, -0.05) is 24.3 Å². The Morgan fingerprint density at radius 1 is 1.16 bits per heavy atom. The molecular weight excluding hydrogens is 484 g/mol. The number of rotatable bonds is 8. The van der Waals surface area contributed by atoms with Gasteiger partial charge in [-0.3, -0.25) is 4.79 Å². The van der Waals surface area contributed by atoms with Crippen LogP contribution in [0.1, 0.15) is 40.5 Å². The number of carbonyl (C=O) groups is 4. The van der Waals surface area contributed by atoms with Crippen LogP contribution in [0.5, 0.6) is 0 Å². The maximum absolute atomic E-state index is 13.1. The summed E-state index contributed by atoms with van der Waals surface area (Å²) in [4.78, 5) is 48.8. The lowest BCUT2D eigenvalue weighted by Gasteiger charge is -2.28. The Morgan fingerprint density at radius 3 is 2.46 bits per heavy atom. The van der Waals surface area contributed by atoms with Crippen molar-refractivity contribution in [1.29, 1.82) is 0 Å². The van der Waals surface area contributed by atoms with Crippen molar-refractivity contribution < 1.29 is 48.3 Å². The molecule has 0 bridgehead atoms. The van der Waals surface area contributed by atoms with Crippen LogP contribution < -0.4 is 0 Å². The largest absolute Gasteiger partial charge is 0.461 e. The van der Waals surface area contributed by atoms with Crippen molar-refractivity contribution in [2.24, 2.45) is 5.92 Å². The molecule has 2 aliphatic rings. The molecule has 0 amide bonds. The Balaban J connectivity index is 2.20. The van der Waals surface area contributed by atoms with E-state index in [0.29, 0.717) is 12.0 Å². The van der Waals surface area contributed by atoms with Gasteiger partial charge in [-0.25, -0.2) is 14.4 Å². The lowest BCUT2D eigenvalue weighted by Crippen LogP contribution is -2.34. The van der Waals surface area contributed by atoms with E-state index in [0.717, 1.165) is 11.6 Å². The lowest BCUT2D eigenvalue weighted by atomic mass is 9.85. The summed E-state index contributed by atoms with van der Waals surface area (Å²) in [6, 6.07) is 0. The van der Waals surface area contributed by atoms with E-state index in [1.807, 2.05) is 13.0 Å². The van der Waals surface area contributed by atoms with E-state index in [2.05, 4.69) is 6.58 Å². The van der Waals surface area contributed by atoms with Crippen molar-refractivity contribution in [3.05, 3.63) is 58.7 Å². The molecular formula is C27H34O10. The van der Waals surface area contributed by atoms with Crippen molar-refractivity contribution in [3.8, 4) is 0 Å². The van der Waals surface area contributed by atoms with E-state index in [4.69, 9.17) is 24.1 Å². The standard InChI is InChI=1S/C27H34O10/c1-6-19(13-35-26(32)20(9-10-28)14-34-18(5)29)27(33)37-22-11-15(2)7-8-21(30)16(3)12-23-24(22)17(4)25(31)36-23/h6-7,9,12,21-24,28,30H,4,8,10-11,13-14H2,1-3,5H3. The second-order valence-corrected chi connectivity index (χ2v) is 8.86. The second-order valence-electron chi connectivity index (χ2n) is 8.86. The number of allylic oxidation sites excluding steroid dienone is 1. The first-order valence-electron chi connectivity index (χ1n) is 11.9. The van der Waals surface area contributed by atoms with Crippen molar-refractivity contribution in [2.75, 3.05) is 19.8 Å². The van der Waals surface area contributed by atoms with E-state index >= 15 is 0 Å². The number of hydrogen-bond acceptors (Lipinski definition) is 10. The smallest absolute Gasteiger partial charge is 0.337 e. The van der Waals surface area contributed by atoms with E-state index in [9.17, 15) is 24.3 Å². The third-order valence-electron chi connectivity index (χ3n) is 6.09. The van der Waals surface area contributed by atoms with Gasteiger partial charge in [-0.15, -0.1) is 0 Å². The molecule has 0 radical (unpaired) electrons. The molecule has 202 valence electrons. The second kappa shape index (κ2) is 13.7. The Bertz CT molecular complexity index is 1050. The van der Waals surface area contributed by atoms with Crippen molar-refractivity contribution in [3.63, 3.8) is 0 Å². The first-order valence-corrected chi connectivity index (χ1v) is 11.9. The molecule has 2 rings (SSSR count). The highest BCUT2D eigenvalue weighted by Crippen LogP contribution is 2.36. The van der Waals surface area contributed by atoms with Gasteiger partial charge in [-0.05, 0) is 44.9 Å². The summed E-state index contributed by atoms with van der Waals surface area (Å²) in [6.07, 6.45) is 4.38. The number of esters is 4. The van der Waals surface area contributed by atoms with E-state index in [-0.39, 0.29) is 23.1 Å². The van der Waals surface area contributed by atoms with E-state index in [1.165, 1.54) is 13.0 Å². The van der Waals surface area contributed by atoms with Gasteiger partial charge < -0.3 is 29.2 Å². The fourth-order valence-corrected chi connectivity index (χ4v) is 3.89. The summed E-state index contributed by atoms with van der Waals surface area (Å²) >= 11 is 0. The molecule has 4 unspecified atom stereocenters. The van der Waals surface area contributed by atoms with Crippen LogP contribution in [0.2, 0.25) is 0 Å². The van der Waals surface area contributed by atoms with Gasteiger partial charge in [0, 0.05) is 18.9 Å². The molecule has 0 aromatic rings. The zero-order valence-electron chi connectivity index (χ0n) is 21.5. The molecule has 1 aliphatic heterocycles. The summed E-state index contributed by atoms with van der Waals surface area (Å²) in [5.41, 5.74) is 1.58. The van der Waals surface area contributed by atoms with Crippen LogP contribution in [0.4, 0.5) is 0 Å². The van der Waals surface area contributed by atoms with E-state index in [1.54, 1.807) is 19.9 Å². The van der Waals surface area contributed by atoms with Crippen LogP contribution in [0.15, 0.2) is 58.7 Å². The number of ether oxygens (including phenoxy) is 4. The fraction of sp³-hybridized carbons (Fsp3) is 0.481. The number of aliphatic hydroxyl groups excluding tert-OH is 2. The summed E-state index contributed by atoms with van der Waals surface area (Å²) in [5, 5.41) is 19.5. The Morgan fingerprint density at radius 2 is 1.84 bits per heavy atom. The topological polar surface area (TPSA) is 146 Å². The van der Waals surface area contributed by atoms with Crippen molar-refractivity contribution >= 4 is 23.9 Å². The number of aliphatic hydroxyl groups is 2. The Hall–Kier alpha value is -3.50. The predicted octanol–water partition coefficient (Wildman–Crippen LogP) is 2.01. The summed E-state index contributed by atoms with van der Waals surface area (Å²) in [5.74, 6) is -3.53. The molecule has 1 saturated heterocycles. The Kier molecular flexibility index (Phi) is 11.0. The van der Waals surface area contributed by atoms with Gasteiger partial charge in [0.25, 0.3) is 0 Å². The van der Waals surface area contributed by atoms with Crippen LogP contribution in [0, 0.1) is 5.92 Å². The first kappa shape index (κ1) is 29.7. The van der Waals surface area contributed by atoms with Crippen LogP contribution in [-0.4, -0.2) is 72.2 Å². The predicted molar refractivity (Wildman–Crippen MR) is 132 cm³/mol. The molecule has 1 aliphatic carbocycles. The van der Waals surface area contributed by atoms with Crippen molar-refractivity contribution in [2.45, 2.75) is 58.8 Å². The normalized spacial score (nSPS) is 24.8. The average Bonchev–Trinajstić information content (AvgIpc) is 3.11. The summed E-state index contributed by atoms with van der Waals surface area (Å²) in [7, 11) is 0. The molecule has 0 aromatic heterocycles. The third-order valence-corrected chi connectivity index (χ3v) is 6.09. The minimum atomic E-state index is -0.873. The fourth-order valence-electron chi connectivity index (χ4n) is 3.89. The molecule has 0 saturated carbocycles.